The van der Waals surface area contributed by atoms with Gasteiger partial charge in [0.2, 0.25) is 5.82 Å². The molecular formula is C25H22FN5O3. The highest BCUT2D eigenvalue weighted by Gasteiger charge is 2.27. The van der Waals surface area contributed by atoms with Gasteiger partial charge >= 0.3 is 5.69 Å². The average Bonchev–Trinajstić information content (AvgIpc) is 3.29. The Hall–Kier alpha value is -4.27. The number of benzene rings is 2. The van der Waals surface area contributed by atoms with E-state index in [-0.39, 0.29) is 29.7 Å². The number of fused-ring (bicyclic) bond motifs is 1. The molecule has 5 rings (SSSR count). The van der Waals surface area contributed by atoms with Crippen LogP contribution >= 0.6 is 0 Å². The fourth-order valence-corrected chi connectivity index (χ4v) is 4.36. The summed E-state index contributed by atoms with van der Waals surface area (Å²) in [5, 5.41) is 5.96. The molecule has 0 bridgehead atoms. The third-order valence-corrected chi connectivity index (χ3v) is 6.03. The highest BCUT2D eigenvalue weighted by atomic mass is 19.1. The van der Waals surface area contributed by atoms with Crippen molar-refractivity contribution in [2.75, 3.05) is 6.54 Å². The number of H-pyrrole nitrogens is 2. The second-order valence-corrected chi connectivity index (χ2v) is 8.32. The third-order valence-electron chi connectivity index (χ3n) is 6.03. The van der Waals surface area contributed by atoms with Crippen LogP contribution in [0.25, 0.3) is 0 Å². The highest BCUT2D eigenvalue weighted by Crippen LogP contribution is 2.22. The highest BCUT2D eigenvalue weighted by molar-refractivity contribution is 5.90. The smallest absolute Gasteiger partial charge is 0.331 e. The molecule has 34 heavy (non-hydrogen) atoms. The average molecular weight is 459 g/mol. The van der Waals surface area contributed by atoms with E-state index in [0.29, 0.717) is 31.5 Å². The molecule has 1 amide bonds. The molecule has 8 nitrogen and oxygen atoms in total. The van der Waals surface area contributed by atoms with E-state index in [1.54, 1.807) is 21.6 Å². The van der Waals surface area contributed by atoms with E-state index in [4.69, 9.17) is 0 Å². The molecule has 0 radical (unpaired) electrons. The Morgan fingerprint density at radius 2 is 1.79 bits per heavy atom. The van der Waals surface area contributed by atoms with E-state index < -0.39 is 5.69 Å². The van der Waals surface area contributed by atoms with E-state index in [0.717, 1.165) is 22.4 Å². The molecule has 2 N–H and O–H groups in total. The predicted molar refractivity (Wildman–Crippen MR) is 123 cm³/mol. The van der Waals surface area contributed by atoms with Crippen LogP contribution in [0.2, 0.25) is 0 Å². The lowest BCUT2D eigenvalue weighted by Crippen LogP contribution is -2.40. The summed E-state index contributed by atoms with van der Waals surface area (Å²) in [6.07, 6.45) is 0.925. The Kier molecular flexibility index (Phi) is 5.67. The van der Waals surface area contributed by atoms with Crippen LogP contribution < -0.4 is 11.2 Å². The second-order valence-electron chi connectivity index (χ2n) is 8.32. The largest absolute Gasteiger partial charge is 0.341 e. The van der Waals surface area contributed by atoms with E-state index in [9.17, 15) is 18.8 Å². The number of pyridine rings is 1. The molecule has 0 fully saturated rings. The van der Waals surface area contributed by atoms with Crippen LogP contribution in [0.1, 0.15) is 38.6 Å². The van der Waals surface area contributed by atoms with Crippen molar-refractivity contribution in [3.8, 4) is 0 Å². The van der Waals surface area contributed by atoms with E-state index in [1.165, 1.54) is 12.1 Å². The molecular weight excluding hydrogens is 437 g/mol. The Balaban J connectivity index is 1.54. The lowest BCUT2D eigenvalue weighted by Gasteiger charge is -2.30. The topological polar surface area (TPSA) is 104 Å². The maximum absolute atomic E-state index is 13.5. The van der Waals surface area contributed by atoms with Crippen molar-refractivity contribution in [3.05, 3.63) is 121 Å². The molecule has 3 heterocycles. The molecule has 0 atom stereocenters. The van der Waals surface area contributed by atoms with Crippen LogP contribution in [-0.4, -0.2) is 37.1 Å². The van der Waals surface area contributed by atoms with Crippen molar-refractivity contribution in [1.82, 2.24) is 24.6 Å². The van der Waals surface area contributed by atoms with Crippen molar-refractivity contribution < 1.29 is 9.18 Å². The van der Waals surface area contributed by atoms with Crippen LogP contribution in [0.15, 0.2) is 70.3 Å². The molecule has 1 aliphatic heterocycles. The number of hydrogen-bond acceptors (Lipinski definition) is 4. The summed E-state index contributed by atoms with van der Waals surface area (Å²) < 4.78 is 15.1. The van der Waals surface area contributed by atoms with Gasteiger partial charge in [0, 0.05) is 37.2 Å². The van der Waals surface area contributed by atoms with Crippen LogP contribution in [0.3, 0.4) is 0 Å². The number of hydrogen-bond donors (Lipinski definition) is 2. The standard InChI is InChI=1S/C25H22FN5O3/c26-20-8-6-17(7-9-20)14-31-21-10-11-30(24(33)22-27-25(34)29-28-22)15-19(21)13-18(23(31)32)12-16-4-2-1-3-5-16/h1-9,13H,10-12,14-15H2,(H2,27,28,29,34). The van der Waals surface area contributed by atoms with Crippen molar-refractivity contribution in [3.63, 3.8) is 0 Å². The minimum atomic E-state index is -0.543. The molecule has 4 aromatic rings. The van der Waals surface area contributed by atoms with Gasteiger partial charge in [0.15, 0.2) is 0 Å². The zero-order valence-electron chi connectivity index (χ0n) is 18.3. The quantitative estimate of drug-likeness (QED) is 0.478. The molecule has 0 aliphatic carbocycles. The minimum absolute atomic E-state index is 0.0439. The van der Waals surface area contributed by atoms with Gasteiger partial charge < -0.3 is 9.47 Å². The molecule has 172 valence electrons. The predicted octanol–water partition coefficient (Wildman–Crippen LogP) is 2.24. The first kappa shape index (κ1) is 21.6. The van der Waals surface area contributed by atoms with Crippen LogP contribution in [-0.2, 0) is 25.9 Å². The number of nitrogens with zero attached hydrogens (tertiary/aromatic N) is 3. The Morgan fingerprint density at radius 3 is 2.50 bits per heavy atom. The van der Waals surface area contributed by atoms with Gasteiger partial charge in [0.05, 0.1) is 6.54 Å². The number of amides is 1. The van der Waals surface area contributed by atoms with Crippen molar-refractivity contribution in [2.24, 2.45) is 0 Å². The fraction of sp³-hybridized carbons (Fsp3) is 0.200. The molecule has 2 aromatic carbocycles. The Morgan fingerprint density at radius 1 is 1.03 bits per heavy atom. The molecule has 2 aromatic heterocycles. The third kappa shape index (κ3) is 4.32. The van der Waals surface area contributed by atoms with Gasteiger partial charge in [-0.15, -0.1) is 5.10 Å². The van der Waals surface area contributed by atoms with Gasteiger partial charge in [-0.05, 0) is 34.9 Å². The number of halogens is 1. The van der Waals surface area contributed by atoms with Crippen LogP contribution in [0.5, 0.6) is 0 Å². The summed E-state index contributed by atoms with van der Waals surface area (Å²) in [4.78, 5) is 41.7. The molecule has 0 spiro atoms. The Labute approximate surface area is 193 Å². The number of carbonyl (C=O) groups excluding carboxylic acids is 1. The zero-order chi connectivity index (χ0) is 23.7. The van der Waals surface area contributed by atoms with E-state index in [2.05, 4.69) is 15.2 Å². The molecule has 0 saturated heterocycles. The van der Waals surface area contributed by atoms with E-state index in [1.807, 2.05) is 36.4 Å². The van der Waals surface area contributed by atoms with Gasteiger partial charge in [-0.25, -0.2) is 14.3 Å². The maximum Gasteiger partial charge on any atom is 0.341 e. The summed E-state index contributed by atoms with van der Waals surface area (Å²) in [7, 11) is 0. The number of aromatic nitrogens is 4. The molecule has 9 heteroatoms. The number of rotatable bonds is 5. The van der Waals surface area contributed by atoms with Gasteiger partial charge in [-0.2, -0.15) is 0 Å². The number of nitrogens with one attached hydrogen (secondary N) is 2. The lowest BCUT2D eigenvalue weighted by atomic mass is 9.98. The summed E-state index contributed by atoms with van der Waals surface area (Å²) in [6.45, 7) is 0.973. The summed E-state index contributed by atoms with van der Waals surface area (Å²) in [5.74, 6) is -0.760. The van der Waals surface area contributed by atoms with Crippen LogP contribution in [0, 0.1) is 5.82 Å². The maximum atomic E-state index is 13.5. The van der Waals surface area contributed by atoms with Crippen LogP contribution in [0.4, 0.5) is 4.39 Å². The summed E-state index contributed by atoms with van der Waals surface area (Å²) >= 11 is 0. The first-order valence-corrected chi connectivity index (χ1v) is 10.9. The lowest BCUT2D eigenvalue weighted by molar-refractivity contribution is 0.0720. The van der Waals surface area contributed by atoms with Gasteiger partial charge in [-0.3, -0.25) is 14.6 Å². The molecule has 0 unspecified atom stereocenters. The first-order valence-electron chi connectivity index (χ1n) is 10.9. The van der Waals surface area contributed by atoms with Crippen molar-refractivity contribution in [1.29, 1.82) is 0 Å². The normalized spacial score (nSPS) is 13.0. The van der Waals surface area contributed by atoms with E-state index >= 15 is 0 Å². The van der Waals surface area contributed by atoms with Gasteiger partial charge in [-0.1, -0.05) is 42.5 Å². The van der Waals surface area contributed by atoms with Crippen molar-refractivity contribution >= 4 is 5.91 Å². The summed E-state index contributed by atoms with van der Waals surface area (Å²) in [5.41, 5.74) is 3.52. The SMILES string of the molecule is O=C(c1n[nH]c(=O)[nH]1)N1CCc2c(cc(Cc3ccccc3)c(=O)n2Cc2ccc(F)cc2)C1. The minimum Gasteiger partial charge on any atom is -0.331 e. The second kappa shape index (κ2) is 8.93. The zero-order valence-corrected chi connectivity index (χ0v) is 18.3. The number of carbonyl (C=O) groups is 1. The molecule has 0 saturated carbocycles. The van der Waals surface area contributed by atoms with Crippen molar-refractivity contribution in [2.45, 2.75) is 25.9 Å². The monoisotopic (exact) mass is 459 g/mol. The van der Waals surface area contributed by atoms with Gasteiger partial charge in [0.25, 0.3) is 11.5 Å². The first-order chi connectivity index (χ1) is 16.5. The van der Waals surface area contributed by atoms with Gasteiger partial charge in [0.1, 0.15) is 5.82 Å². The fourth-order valence-electron chi connectivity index (χ4n) is 4.36. The molecule has 1 aliphatic rings. The number of aromatic amines is 2. The summed E-state index contributed by atoms with van der Waals surface area (Å²) in [6, 6.07) is 17.7. The Bertz CT molecular complexity index is 1450.